The monoisotopic (exact) mass is 275 g/mol. The van der Waals surface area contributed by atoms with Crippen LogP contribution in [0.4, 0.5) is 0 Å². The number of nitrogens with two attached hydrogens (primary N) is 1. The van der Waals surface area contributed by atoms with Crippen molar-refractivity contribution in [2.75, 3.05) is 7.11 Å². The third-order valence-corrected chi connectivity index (χ3v) is 2.86. The minimum atomic E-state index is -0.645. The van der Waals surface area contributed by atoms with E-state index in [0.29, 0.717) is 17.7 Å². The maximum absolute atomic E-state index is 9.91. The first-order valence-corrected chi connectivity index (χ1v) is 5.90. The molecule has 0 aliphatic carbocycles. The summed E-state index contributed by atoms with van der Waals surface area (Å²) >= 11 is 0. The topological polar surface area (TPSA) is 75.7 Å². The molecule has 0 aliphatic heterocycles. The molecule has 0 aliphatic rings. The maximum Gasteiger partial charge on any atom is 0.120 e. The molecule has 0 bridgehead atoms. The van der Waals surface area contributed by atoms with Gasteiger partial charge in [-0.2, -0.15) is 0 Å². The third kappa shape index (κ3) is 4.37. The van der Waals surface area contributed by atoms with Gasteiger partial charge in [0.05, 0.1) is 19.3 Å². The summed E-state index contributed by atoms with van der Waals surface area (Å²) in [7, 11) is 1.55. The third-order valence-electron chi connectivity index (χ3n) is 2.86. The van der Waals surface area contributed by atoms with Crippen LogP contribution in [0.1, 0.15) is 37.8 Å². The van der Waals surface area contributed by atoms with E-state index in [1.807, 2.05) is 0 Å². The summed E-state index contributed by atoms with van der Waals surface area (Å²) in [6, 6.07) is 4.26. The van der Waals surface area contributed by atoms with Gasteiger partial charge in [-0.15, -0.1) is 12.4 Å². The minimum Gasteiger partial charge on any atom is -0.508 e. The Kier molecular flexibility index (Phi) is 7.75. The van der Waals surface area contributed by atoms with E-state index in [0.717, 1.165) is 12.8 Å². The molecule has 2 atom stereocenters. The van der Waals surface area contributed by atoms with Crippen LogP contribution < -0.4 is 10.5 Å². The van der Waals surface area contributed by atoms with Gasteiger partial charge in [0.15, 0.2) is 0 Å². The van der Waals surface area contributed by atoms with Crippen LogP contribution in [0, 0.1) is 0 Å². The van der Waals surface area contributed by atoms with E-state index in [1.165, 1.54) is 6.07 Å². The second kappa shape index (κ2) is 8.19. The van der Waals surface area contributed by atoms with Crippen molar-refractivity contribution in [1.82, 2.24) is 0 Å². The summed E-state index contributed by atoms with van der Waals surface area (Å²) in [5.41, 5.74) is 6.46. The summed E-state index contributed by atoms with van der Waals surface area (Å²) in [6.07, 6.45) is 1.91. The molecular formula is C13H22ClNO3. The lowest BCUT2D eigenvalue weighted by Gasteiger charge is -2.20. The number of ether oxygens (including phenoxy) is 1. The Bertz CT molecular complexity index is 360. The number of hydrogen-bond acceptors (Lipinski definition) is 4. The average molecular weight is 276 g/mol. The van der Waals surface area contributed by atoms with Gasteiger partial charge in [-0.05, 0) is 24.6 Å². The fourth-order valence-corrected chi connectivity index (χ4v) is 1.73. The number of halogens is 1. The normalized spacial score (nSPS) is 13.6. The number of aromatic hydroxyl groups is 1. The molecule has 0 radical (unpaired) electrons. The van der Waals surface area contributed by atoms with Crippen LogP contribution in [0.15, 0.2) is 18.2 Å². The lowest BCUT2D eigenvalue weighted by molar-refractivity contribution is 0.131. The first-order chi connectivity index (χ1) is 8.10. The second-order valence-corrected chi connectivity index (χ2v) is 4.16. The first-order valence-electron chi connectivity index (χ1n) is 5.90. The summed E-state index contributed by atoms with van der Waals surface area (Å²) in [6.45, 7) is 2.06. The SMILES string of the molecule is CCCC[C@@H](O)[C@@H](N)c1cc(OC)ccc1O.Cl. The zero-order valence-electron chi connectivity index (χ0n) is 10.8. The predicted molar refractivity (Wildman–Crippen MR) is 74.4 cm³/mol. The van der Waals surface area contributed by atoms with Crippen LogP contribution in [0.5, 0.6) is 11.5 Å². The quantitative estimate of drug-likeness (QED) is 0.745. The molecule has 1 aromatic rings. The van der Waals surface area contributed by atoms with Gasteiger partial charge in [-0.1, -0.05) is 19.8 Å². The van der Waals surface area contributed by atoms with Gasteiger partial charge in [-0.25, -0.2) is 0 Å². The van der Waals surface area contributed by atoms with E-state index in [4.69, 9.17) is 10.5 Å². The van der Waals surface area contributed by atoms with Crippen LogP contribution in [-0.4, -0.2) is 23.4 Å². The van der Waals surface area contributed by atoms with Crippen LogP contribution in [-0.2, 0) is 0 Å². The highest BCUT2D eigenvalue weighted by molar-refractivity contribution is 5.85. The second-order valence-electron chi connectivity index (χ2n) is 4.16. The first kappa shape index (κ1) is 17.0. The largest absolute Gasteiger partial charge is 0.508 e. The molecule has 0 spiro atoms. The average Bonchev–Trinajstić information content (AvgIpc) is 2.35. The van der Waals surface area contributed by atoms with Crippen molar-refractivity contribution >= 4 is 12.4 Å². The molecule has 0 saturated heterocycles. The molecule has 18 heavy (non-hydrogen) atoms. The molecule has 0 saturated carbocycles. The number of rotatable bonds is 6. The van der Waals surface area contributed by atoms with Crippen LogP contribution in [0.2, 0.25) is 0 Å². The lowest BCUT2D eigenvalue weighted by atomic mass is 9.97. The fraction of sp³-hybridized carbons (Fsp3) is 0.538. The summed E-state index contributed by atoms with van der Waals surface area (Å²) in [5.74, 6) is 0.713. The van der Waals surface area contributed by atoms with E-state index in [1.54, 1.807) is 19.2 Å². The molecule has 0 fully saturated rings. The predicted octanol–water partition coefficient (Wildman–Crippen LogP) is 2.37. The zero-order valence-corrected chi connectivity index (χ0v) is 11.6. The van der Waals surface area contributed by atoms with Gasteiger partial charge in [0, 0.05) is 5.56 Å². The molecule has 5 heteroatoms. The van der Waals surface area contributed by atoms with E-state index >= 15 is 0 Å². The van der Waals surface area contributed by atoms with Crippen molar-refractivity contribution in [2.24, 2.45) is 5.73 Å². The molecular weight excluding hydrogens is 254 g/mol. The smallest absolute Gasteiger partial charge is 0.120 e. The molecule has 0 heterocycles. The Labute approximate surface area is 114 Å². The number of phenols is 1. The number of aliphatic hydroxyl groups excluding tert-OH is 1. The van der Waals surface area contributed by atoms with E-state index in [9.17, 15) is 10.2 Å². The molecule has 0 aromatic heterocycles. The van der Waals surface area contributed by atoms with E-state index < -0.39 is 12.1 Å². The minimum absolute atomic E-state index is 0. The number of unbranched alkanes of at least 4 members (excludes halogenated alkanes) is 1. The van der Waals surface area contributed by atoms with Crippen LogP contribution in [0.3, 0.4) is 0 Å². The van der Waals surface area contributed by atoms with Crippen molar-refractivity contribution in [3.8, 4) is 11.5 Å². The Morgan fingerprint density at radius 1 is 1.39 bits per heavy atom. The molecule has 1 rings (SSSR count). The highest BCUT2D eigenvalue weighted by Gasteiger charge is 2.19. The van der Waals surface area contributed by atoms with E-state index in [2.05, 4.69) is 6.92 Å². The number of hydrogen-bond donors (Lipinski definition) is 3. The Hall–Kier alpha value is -0.970. The van der Waals surface area contributed by atoms with Crippen molar-refractivity contribution in [3.05, 3.63) is 23.8 Å². The van der Waals surface area contributed by atoms with Crippen molar-refractivity contribution in [1.29, 1.82) is 0 Å². The molecule has 1 aromatic carbocycles. The maximum atomic E-state index is 9.91. The zero-order chi connectivity index (χ0) is 12.8. The highest BCUT2D eigenvalue weighted by Crippen LogP contribution is 2.30. The number of methoxy groups -OCH3 is 1. The highest BCUT2D eigenvalue weighted by atomic mass is 35.5. The number of phenolic OH excluding ortho intramolecular Hbond substituents is 1. The van der Waals surface area contributed by atoms with Gasteiger partial charge >= 0.3 is 0 Å². The Morgan fingerprint density at radius 3 is 2.61 bits per heavy atom. The molecule has 0 amide bonds. The van der Waals surface area contributed by atoms with Gasteiger partial charge in [0.1, 0.15) is 11.5 Å². The van der Waals surface area contributed by atoms with Gasteiger partial charge in [0.25, 0.3) is 0 Å². The Morgan fingerprint density at radius 2 is 2.06 bits per heavy atom. The van der Waals surface area contributed by atoms with E-state index in [-0.39, 0.29) is 18.2 Å². The molecule has 104 valence electrons. The lowest BCUT2D eigenvalue weighted by Crippen LogP contribution is -2.26. The molecule has 4 N–H and O–H groups in total. The molecule has 4 nitrogen and oxygen atoms in total. The number of aliphatic hydroxyl groups is 1. The van der Waals surface area contributed by atoms with Crippen molar-refractivity contribution < 1.29 is 14.9 Å². The Balaban J connectivity index is 0.00000289. The van der Waals surface area contributed by atoms with Crippen molar-refractivity contribution in [2.45, 2.75) is 38.3 Å². The fourth-order valence-electron chi connectivity index (χ4n) is 1.73. The summed E-state index contributed by atoms with van der Waals surface area (Å²) in [4.78, 5) is 0. The van der Waals surface area contributed by atoms with Gasteiger partial charge < -0.3 is 20.7 Å². The van der Waals surface area contributed by atoms with Crippen LogP contribution in [0.25, 0.3) is 0 Å². The standard InChI is InChI=1S/C13H21NO3.ClH/c1-3-4-5-12(16)13(14)10-8-9(17-2)6-7-11(10)15;/h6-8,12-13,15-16H,3-5,14H2,1-2H3;1H/t12-,13+;/m1./s1. The van der Waals surface area contributed by atoms with Gasteiger partial charge in [-0.3, -0.25) is 0 Å². The van der Waals surface area contributed by atoms with Crippen LogP contribution >= 0.6 is 12.4 Å². The summed E-state index contributed by atoms with van der Waals surface area (Å²) < 4.78 is 5.07. The van der Waals surface area contributed by atoms with Gasteiger partial charge in [0.2, 0.25) is 0 Å². The van der Waals surface area contributed by atoms with Crippen molar-refractivity contribution in [3.63, 3.8) is 0 Å². The number of benzene rings is 1. The molecule has 0 unspecified atom stereocenters. The summed E-state index contributed by atoms with van der Waals surface area (Å²) in [5, 5.41) is 19.6.